The number of nitrogens with zero attached hydrogens (tertiary/aromatic N) is 5. The van der Waals surface area contributed by atoms with Crippen molar-refractivity contribution in [2.24, 2.45) is 0 Å². The first-order valence-electron chi connectivity index (χ1n) is 11.6. The third-order valence-corrected chi connectivity index (χ3v) is 6.15. The largest absolute Gasteiger partial charge is 0.380 e. The van der Waals surface area contributed by atoms with Gasteiger partial charge in [0, 0.05) is 42.6 Å². The summed E-state index contributed by atoms with van der Waals surface area (Å²) >= 11 is 0. The highest BCUT2D eigenvalue weighted by molar-refractivity contribution is 5.67. The van der Waals surface area contributed by atoms with Gasteiger partial charge in [-0.2, -0.15) is 5.26 Å². The number of rotatable bonds is 7. The predicted molar refractivity (Wildman–Crippen MR) is 131 cm³/mol. The Morgan fingerprint density at radius 2 is 1.89 bits per heavy atom. The maximum absolute atomic E-state index is 9.44. The van der Waals surface area contributed by atoms with Crippen molar-refractivity contribution in [1.82, 2.24) is 25.4 Å². The highest BCUT2D eigenvalue weighted by Gasteiger charge is 2.22. The van der Waals surface area contributed by atoms with E-state index in [1.54, 1.807) is 18.6 Å². The van der Waals surface area contributed by atoms with E-state index in [-0.39, 0.29) is 0 Å². The summed E-state index contributed by atoms with van der Waals surface area (Å²) in [6.45, 7) is 6.10. The van der Waals surface area contributed by atoms with E-state index in [1.165, 1.54) is 5.56 Å². The van der Waals surface area contributed by atoms with Crippen LogP contribution in [0.25, 0.3) is 34.0 Å². The lowest BCUT2D eigenvalue weighted by atomic mass is 9.90. The molecule has 1 saturated heterocycles. The number of ether oxygens (including phenoxy) is 1. The first kappa shape index (κ1) is 22.8. The van der Waals surface area contributed by atoms with Crippen LogP contribution in [-0.4, -0.2) is 39.4 Å². The minimum Gasteiger partial charge on any atom is -0.380 e. The average molecular weight is 467 g/mol. The fraction of sp³-hybridized carbons (Fsp3) is 0.296. The molecule has 0 bridgehead atoms. The molecule has 0 unspecified atom stereocenters. The Kier molecular flexibility index (Phi) is 6.36. The molecule has 0 aliphatic carbocycles. The molecule has 1 aliphatic rings. The smallest absolute Gasteiger partial charge is 0.187 e. The van der Waals surface area contributed by atoms with Gasteiger partial charge in [0.15, 0.2) is 5.76 Å². The number of nitrogens with one attached hydrogen (secondary N) is 1. The van der Waals surface area contributed by atoms with Gasteiger partial charge in [-0.1, -0.05) is 29.4 Å². The Labute approximate surface area is 204 Å². The molecular weight excluding hydrogens is 440 g/mol. The zero-order valence-corrected chi connectivity index (χ0v) is 19.7. The molecule has 0 radical (unpaired) electrons. The molecule has 5 rings (SSSR count). The van der Waals surface area contributed by atoms with Crippen molar-refractivity contribution < 1.29 is 9.26 Å². The lowest BCUT2D eigenvalue weighted by Crippen LogP contribution is -2.28. The van der Waals surface area contributed by atoms with Crippen molar-refractivity contribution in [2.75, 3.05) is 13.2 Å². The molecule has 0 saturated carbocycles. The molecule has 1 fully saturated rings. The van der Waals surface area contributed by atoms with Gasteiger partial charge in [-0.15, -0.1) is 0 Å². The van der Waals surface area contributed by atoms with E-state index in [0.717, 1.165) is 43.0 Å². The minimum atomic E-state index is -0.697. The first-order valence-corrected chi connectivity index (χ1v) is 11.6. The van der Waals surface area contributed by atoms with E-state index in [1.807, 2.05) is 44.2 Å². The lowest BCUT2D eigenvalue weighted by molar-refractivity contribution is 0.190. The summed E-state index contributed by atoms with van der Waals surface area (Å²) in [4.78, 5) is 13.4. The van der Waals surface area contributed by atoms with Crippen LogP contribution in [0.5, 0.6) is 0 Å². The molecule has 0 spiro atoms. The van der Waals surface area contributed by atoms with E-state index in [0.29, 0.717) is 28.9 Å². The topological polar surface area (TPSA) is 110 Å². The zero-order valence-electron chi connectivity index (χ0n) is 19.7. The van der Waals surface area contributed by atoms with E-state index in [2.05, 4.69) is 38.6 Å². The molecule has 8 heteroatoms. The first-order chi connectivity index (χ1) is 17.0. The Hall–Kier alpha value is -3.93. The molecule has 1 aromatic carbocycles. The molecule has 1 aliphatic heterocycles. The summed E-state index contributed by atoms with van der Waals surface area (Å²) in [7, 11) is 0. The molecule has 176 valence electrons. The van der Waals surface area contributed by atoms with E-state index in [4.69, 9.17) is 14.2 Å². The molecule has 1 N–H and O–H groups in total. The Bertz CT molecular complexity index is 1350. The fourth-order valence-corrected chi connectivity index (χ4v) is 3.90. The van der Waals surface area contributed by atoms with Crippen LogP contribution in [0.1, 0.15) is 31.5 Å². The summed E-state index contributed by atoms with van der Waals surface area (Å²) < 4.78 is 11.0. The van der Waals surface area contributed by atoms with Gasteiger partial charge >= 0.3 is 0 Å². The van der Waals surface area contributed by atoms with E-state index < -0.39 is 5.41 Å². The third-order valence-electron chi connectivity index (χ3n) is 6.15. The summed E-state index contributed by atoms with van der Waals surface area (Å²) in [6, 6.07) is 16.6. The second-order valence-corrected chi connectivity index (χ2v) is 9.17. The van der Waals surface area contributed by atoms with Gasteiger partial charge < -0.3 is 14.6 Å². The Balaban J connectivity index is 1.33. The van der Waals surface area contributed by atoms with Crippen molar-refractivity contribution in [3.63, 3.8) is 0 Å². The summed E-state index contributed by atoms with van der Waals surface area (Å²) in [5.74, 6) is 0.535. The molecule has 4 aromatic rings. The highest BCUT2D eigenvalue weighted by Crippen LogP contribution is 2.28. The van der Waals surface area contributed by atoms with Gasteiger partial charge in [0.25, 0.3) is 0 Å². The predicted octanol–water partition coefficient (Wildman–Crippen LogP) is 4.54. The van der Waals surface area contributed by atoms with Crippen LogP contribution in [0.4, 0.5) is 0 Å². The van der Waals surface area contributed by atoms with Crippen LogP contribution >= 0.6 is 0 Å². The maximum Gasteiger partial charge on any atom is 0.187 e. The summed E-state index contributed by atoms with van der Waals surface area (Å²) in [5, 5.41) is 17.2. The van der Waals surface area contributed by atoms with E-state index in [9.17, 15) is 5.26 Å². The second kappa shape index (κ2) is 9.74. The molecule has 35 heavy (non-hydrogen) atoms. The molecule has 0 amide bonds. The maximum atomic E-state index is 9.44. The second-order valence-electron chi connectivity index (χ2n) is 9.17. The van der Waals surface area contributed by atoms with Crippen molar-refractivity contribution in [3.8, 4) is 40.0 Å². The standard InChI is InChI=1S/C27H26N6O2/c1-27(2,17-28)26-11-20(7-9-30-26)23-14-29-15-24(32-23)25-12-22(33-35-25)19-5-3-18(4-6-19)13-31-21-8-10-34-16-21/h3-7,9,11-12,14-15,21,31H,8,10,13,16H2,1-2H3/t21-/m0/s1. The Morgan fingerprint density at radius 1 is 1.06 bits per heavy atom. The van der Waals surface area contributed by atoms with Crippen LogP contribution in [0.15, 0.2) is 65.6 Å². The van der Waals surface area contributed by atoms with Crippen LogP contribution in [-0.2, 0) is 16.7 Å². The van der Waals surface area contributed by atoms with Gasteiger partial charge in [-0.25, -0.2) is 4.98 Å². The van der Waals surface area contributed by atoms with Crippen molar-refractivity contribution in [3.05, 3.63) is 72.3 Å². The minimum absolute atomic E-state index is 0.432. The normalized spacial score (nSPS) is 15.7. The Morgan fingerprint density at radius 3 is 2.66 bits per heavy atom. The van der Waals surface area contributed by atoms with Crippen molar-refractivity contribution >= 4 is 0 Å². The monoisotopic (exact) mass is 466 g/mol. The number of pyridine rings is 1. The van der Waals surface area contributed by atoms with Crippen molar-refractivity contribution in [2.45, 2.75) is 38.3 Å². The van der Waals surface area contributed by atoms with Gasteiger partial charge in [0.2, 0.25) is 0 Å². The number of hydrogen-bond donors (Lipinski definition) is 1. The summed E-state index contributed by atoms with van der Waals surface area (Å²) in [6.07, 6.45) is 6.08. The number of aromatic nitrogens is 4. The van der Waals surface area contributed by atoms with Gasteiger partial charge in [-0.3, -0.25) is 9.97 Å². The van der Waals surface area contributed by atoms with E-state index >= 15 is 0 Å². The molecule has 3 aromatic heterocycles. The van der Waals surface area contributed by atoms with Gasteiger partial charge in [0.05, 0.1) is 41.9 Å². The number of benzene rings is 1. The molecule has 4 heterocycles. The van der Waals surface area contributed by atoms with Gasteiger partial charge in [-0.05, 0) is 38.0 Å². The lowest BCUT2D eigenvalue weighted by Gasteiger charge is -2.15. The van der Waals surface area contributed by atoms with Crippen molar-refractivity contribution in [1.29, 1.82) is 5.26 Å². The zero-order chi connectivity index (χ0) is 24.3. The van der Waals surface area contributed by atoms with Crippen LogP contribution < -0.4 is 5.32 Å². The quantitative estimate of drug-likeness (QED) is 0.423. The number of hydrogen-bond acceptors (Lipinski definition) is 8. The summed E-state index contributed by atoms with van der Waals surface area (Å²) in [5.41, 5.74) is 4.98. The third kappa shape index (κ3) is 5.11. The van der Waals surface area contributed by atoms with Gasteiger partial charge in [0.1, 0.15) is 11.4 Å². The van der Waals surface area contributed by atoms with Crippen LogP contribution in [0, 0.1) is 11.3 Å². The molecule has 1 atom stereocenters. The van der Waals surface area contributed by atoms with Crippen LogP contribution in [0.3, 0.4) is 0 Å². The molecule has 8 nitrogen and oxygen atoms in total. The number of nitriles is 1. The highest BCUT2D eigenvalue weighted by atomic mass is 16.5. The average Bonchev–Trinajstić information content (AvgIpc) is 3.61. The van der Waals surface area contributed by atoms with Crippen LogP contribution in [0.2, 0.25) is 0 Å². The fourth-order valence-electron chi connectivity index (χ4n) is 3.90. The SMILES string of the molecule is CC(C)(C#N)c1cc(-c2cncc(-c3cc(-c4ccc(CN[C@H]5CCOC5)cc4)no3)n2)ccn1. The molecular formula is C27H26N6O2.